The first-order chi connectivity index (χ1) is 13.5. The first-order valence-electron chi connectivity index (χ1n) is 8.91. The predicted molar refractivity (Wildman–Crippen MR) is 107 cm³/mol. The van der Waals surface area contributed by atoms with Crippen molar-refractivity contribution in [3.63, 3.8) is 0 Å². The van der Waals surface area contributed by atoms with E-state index in [1.165, 1.54) is 6.07 Å². The molecule has 9 heteroatoms. The highest BCUT2D eigenvalue weighted by Gasteiger charge is 2.29. The van der Waals surface area contributed by atoms with Gasteiger partial charge in [-0.1, -0.05) is 6.07 Å². The summed E-state index contributed by atoms with van der Waals surface area (Å²) in [6.07, 6.45) is -4.43. The van der Waals surface area contributed by atoms with Crippen molar-refractivity contribution < 1.29 is 17.9 Å². The van der Waals surface area contributed by atoms with E-state index >= 15 is 0 Å². The van der Waals surface area contributed by atoms with Crippen LogP contribution in [-0.2, 0) is 7.05 Å². The smallest absolute Gasteiger partial charge is 0.422 e. The van der Waals surface area contributed by atoms with Crippen LogP contribution < -0.4 is 9.64 Å². The van der Waals surface area contributed by atoms with Gasteiger partial charge >= 0.3 is 6.18 Å². The SMILES string of the molecule is Cc1ccc2nc(N=Nc3cc(OCC(F)(F)F)c(N(C)C)cc3C)n(C)c2c1. The Kier molecular flexibility index (Phi) is 5.50. The van der Waals surface area contributed by atoms with Crippen LogP contribution >= 0.6 is 0 Å². The monoisotopic (exact) mass is 405 g/mol. The summed E-state index contributed by atoms with van der Waals surface area (Å²) in [6, 6.07) is 9.06. The molecule has 0 aliphatic heterocycles. The maximum absolute atomic E-state index is 12.6. The number of benzene rings is 2. The second-order valence-electron chi connectivity index (χ2n) is 7.07. The number of fused-ring (bicyclic) bond motifs is 1. The van der Waals surface area contributed by atoms with Crippen molar-refractivity contribution in [3.8, 4) is 5.75 Å². The molecule has 29 heavy (non-hydrogen) atoms. The second-order valence-corrected chi connectivity index (χ2v) is 7.07. The standard InChI is InChI=1S/C20H22F3N5O/c1-12-6-7-14-16(8-12)28(5)19(24-14)26-25-15-10-18(29-11-20(21,22)23)17(27(3)4)9-13(15)2/h6-10H,11H2,1-5H3. The highest BCUT2D eigenvalue weighted by Crippen LogP contribution is 2.36. The minimum absolute atomic E-state index is 0.0903. The molecule has 0 saturated heterocycles. The van der Waals surface area contributed by atoms with Gasteiger partial charge in [0.1, 0.15) is 5.75 Å². The lowest BCUT2D eigenvalue weighted by molar-refractivity contribution is -0.153. The molecule has 0 aliphatic carbocycles. The lowest BCUT2D eigenvalue weighted by atomic mass is 10.1. The third-order valence-electron chi connectivity index (χ3n) is 4.41. The van der Waals surface area contributed by atoms with E-state index < -0.39 is 12.8 Å². The molecule has 0 spiro atoms. The van der Waals surface area contributed by atoms with Gasteiger partial charge in [-0.3, -0.25) is 0 Å². The lowest BCUT2D eigenvalue weighted by Crippen LogP contribution is -2.20. The van der Waals surface area contributed by atoms with E-state index in [0.717, 1.165) is 22.2 Å². The average molecular weight is 405 g/mol. The molecule has 2 aromatic carbocycles. The third kappa shape index (κ3) is 4.67. The summed E-state index contributed by atoms with van der Waals surface area (Å²) in [5.74, 6) is 0.493. The van der Waals surface area contributed by atoms with E-state index in [9.17, 15) is 13.2 Å². The summed E-state index contributed by atoms with van der Waals surface area (Å²) in [5, 5.41) is 8.44. The van der Waals surface area contributed by atoms with E-state index in [1.54, 1.807) is 25.1 Å². The fourth-order valence-electron chi connectivity index (χ4n) is 2.87. The fourth-order valence-corrected chi connectivity index (χ4v) is 2.87. The van der Waals surface area contributed by atoms with Crippen LogP contribution in [0.4, 0.5) is 30.5 Å². The molecule has 0 unspecified atom stereocenters. The maximum atomic E-state index is 12.6. The van der Waals surface area contributed by atoms with Gasteiger partial charge in [0, 0.05) is 27.2 Å². The number of alkyl halides is 3. The quantitative estimate of drug-likeness (QED) is 0.518. The second kappa shape index (κ2) is 7.73. The molecule has 0 amide bonds. The fraction of sp³-hybridized carbons (Fsp3) is 0.350. The van der Waals surface area contributed by atoms with Gasteiger partial charge in [0.05, 0.1) is 22.4 Å². The van der Waals surface area contributed by atoms with Crippen LogP contribution in [0, 0.1) is 13.8 Å². The predicted octanol–water partition coefficient (Wildman–Crippen LogP) is 5.61. The molecule has 3 rings (SSSR count). The van der Waals surface area contributed by atoms with Crippen LogP contribution in [0.3, 0.4) is 0 Å². The zero-order chi connectivity index (χ0) is 21.3. The molecule has 0 saturated carbocycles. The Labute approximate surface area is 166 Å². The molecule has 3 aromatic rings. The Balaban J connectivity index is 1.97. The zero-order valence-corrected chi connectivity index (χ0v) is 16.9. The number of nitrogens with zero attached hydrogens (tertiary/aromatic N) is 5. The van der Waals surface area contributed by atoms with Gasteiger partial charge in [0.2, 0.25) is 5.95 Å². The van der Waals surface area contributed by atoms with Crippen molar-refractivity contribution in [2.24, 2.45) is 17.3 Å². The molecule has 0 fully saturated rings. The van der Waals surface area contributed by atoms with Crippen LogP contribution in [0.15, 0.2) is 40.6 Å². The number of aryl methyl sites for hydroxylation is 3. The number of ether oxygens (including phenoxy) is 1. The van der Waals surface area contributed by atoms with Crippen molar-refractivity contribution in [1.29, 1.82) is 0 Å². The number of hydrogen-bond donors (Lipinski definition) is 0. The topological polar surface area (TPSA) is 55.0 Å². The Morgan fingerprint density at radius 2 is 1.83 bits per heavy atom. The third-order valence-corrected chi connectivity index (χ3v) is 4.41. The number of azo groups is 1. The van der Waals surface area contributed by atoms with Crippen LogP contribution in [0.5, 0.6) is 5.75 Å². The van der Waals surface area contributed by atoms with Crippen molar-refractivity contribution in [3.05, 3.63) is 41.5 Å². The van der Waals surface area contributed by atoms with Gasteiger partial charge < -0.3 is 14.2 Å². The molecule has 0 atom stereocenters. The van der Waals surface area contributed by atoms with Crippen molar-refractivity contribution in [2.75, 3.05) is 25.6 Å². The lowest BCUT2D eigenvalue weighted by Gasteiger charge is -2.20. The summed E-state index contributed by atoms with van der Waals surface area (Å²) in [5.41, 5.74) is 4.52. The van der Waals surface area contributed by atoms with Gasteiger partial charge in [-0.2, -0.15) is 13.2 Å². The number of imidazole rings is 1. The van der Waals surface area contributed by atoms with Crippen molar-refractivity contribution in [2.45, 2.75) is 20.0 Å². The van der Waals surface area contributed by atoms with Gasteiger partial charge in [0.25, 0.3) is 0 Å². The van der Waals surface area contributed by atoms with Gasteiger partial charge in [-0.25, -0.2) is 4.98 Å². The number of anilines is 1. The minimum atomic E-state index is -4.43. The molecule has 1 aromatic heterocycles. The van der Waals surface area contributed by atoms with Gasteiger partial charge in [-0.15, -0.1) is 10.2 Å². The Morgan fingerprint density at radius 3 is 2.48 bits per heavy atom. The summed E-state index contributed by atoms with van der Waals surface area (Å²) >= 11 is 0. The van der Waals surface area contributed by atoms with Crippen molar-refractivity contribution >= 4 is 28.4 Å². The van der Waals surface area contributed by atoms with E-state index in [4.69, 9.17) is 4.74 Å². The maximum Gasteiger partial charge on any atom is 0.422 e. The summed E-state index contributed by atoms with van der Waals surface area (Å²) < 4.78 is 44.6. The minimum Gasteiger partial charge on any atom is -0.482 e. The Bertz CT molecular complexity index is 1070. The van der Waals surface area contributed by atoms with Crippen LogP contribution in [-0.4, -0.2) is 36.4 Å². The van der Waals surface area contributed by atoms with E-state index in [0.29, 0.717) is 17.3 Å². The Hall–Kier alpha value is -3.10. The Morgan fingerprint density at radius 1 is 1.10 bits per heavy atom. The number of rotatable bonds is 5. The molecular formula is C20H22F3N5O. The summed E-state index contributed by atoms with van der Waals surface area (Å²) in [6.45, 7) is 2.43. The summed E-state index contributed by atoms with van der Waals surface area (Å²) in [7, 11) is 5.30. The van der Waals surface area contributed by atoms with E-state index in [-0.39, 0.29) is 5.75 Å². The van der Waals surface area contributed by atoms with Crippen molar-refractivity contribution in [1.82, 2.24) is 9.55 Å². The summed E-state index contributed by atoms with van der Waals surface area (Å²) in [4.78, 5) is 6.14. The molecule has 0 bridgehead atoms. The molecule has 0 radical (unpaired) electrons. The largest absolute Gasteiger partial charge is 0.482 e. The normalized spacial score (nSPS) is 12.1. The first-order valence-corrected chi connectivity index (χ1v) is 8.91. The first kappa shape index (κ1) is 20.6. The highest BCUT2D eigenvalue weighted by atomic mass is 19.4. The highest BCUT2D eigenvalue weighted by molar-refractivity contribution is 5.78. The number of aromatic nitrogens is 2. The van der Waals surface area contributed by atoms with E-state index in [1.807, 2.05) is 43.7 Å². The number of hydrogen-bond acceptors (Lipinski definition) is 5. The average Bonchev–Trinajstić information content (AvgIpc) is 2.94. The zero-order valence-electron chi connectivity index (χ0n) is 16.9. The molecule has 0 N–H and O–H groups in total. The molecule has 0 aliphatic rings. The molecular weight excluding hydrogens is 383 g/mol. The number of halogens is 3. The van der Waals surface area contributed by atoms with Crippen LogP contribution in [0.1, 0.15) is 11.1 Å². The van der Waals surface area contributed by atoms with Crippen LogP contribution in [0.25, 0.3) is 11.0 Å². The molecule has 154 valence electrons. The van der Waals surface area contributed by atoms with Crippen LogP contribution in [0.2, 0.25) is 0 Å². The molecule has 6 nitrogen and oxygen atoms in total. The van der Waals surface area contributed by atoms with E-state index in [2.05, 4.69) is 15.2 Å². The van der Waals surface area contributed by atoms with Gasteiger partial charge in [-0.05, 0) is 43.2 Å². The molecule has 1 heterocycles. The van der Waals surface area contributed by atoms with Gasteiger partial charge in [0.15, 0.2) is 6.61 Å².